The number of esters is 1. The molecule has 0 saturated heterocycles. The summed E-state index contributed by atoms with van der Waals surface area (Å²) >= 11 is 0. The van der Waals surface area contributed by atoms with E-state index in [0.717, 1.165) is 7.11 Å². The molecule has 5 nitrogen and oxygen atoms in total. The number of carbonyl (C=O) groups excluding carboxylic acids is 1. The fraction of sp³-hybridized carbons (Fsp3) is 0.833. The maximum atomic E-state index is 10.9. The van der Waals surface area contributed by atoms with E-state index in [1.54, 1.807) is 0 Å². The molecule has 0 amide bonds. The Kier molecular flexibility index (Phi) is 3.23. The van der Waals surface area contributed by atoms with Gasteiger partial charge in [-0.25, -0.2) is 0 Å². The average Bonchev–Trinajstić information content (AvgIpc) is 1.80. The van der Waals surface area contributed by atoms with Gasteiger partial charge in [0.1, 0.15) is 0 Å². The molecular formula is C6H12O5S. The molecule has 0 atom stereocenters. The molecule has 12 heavy (non-hydrogen) atoms. The first kappa shape index (κ1) is 11.4. The summed E-state index contributed by atoms with van der Waals surface area (Å²) in [6.45, 7) is 2.76. The molecule has 0 saturated carbocycles. The highest BCUT2D eigenvalue weighted by atomic mass is 32.2. The standard InChI is InChI=1S/C6H12O5S/c1-6(2,5(7)11-3)4-12(8,9)10/h4H2,1-3H3,(H,8,9,10). The van der Waals surface area contributed by atoms with E-state index in [-0.39, 0.29) is 0 Å². The quantitative estimate of drug-likeness (QED) is 0.510. The summed E-state index contributed by atoms with van der Waals surface area (Å²) in [6.07, 6.45) is 0. The van der Waals surface area contributed by atoms with Gasteiger partial charge < -0.3 is 4.74 Å². The number of methoxy groups -OCH3 is 1. The van der Waals surface area contributed by atoms with E-state index < -0.39 is 27.3 Å². The summed E-state index contributed by atoms with van der Waals surface area (Å²) in [5, 5.41) is 0. The predicted molar refractivity (Wildman–Crippen MR) is 42.2 cm³/mol. The van der Waals surface area contributed by atoms with Crippen LogP contribution in [-0.4, -0.2) is 31.8 Å². The van der Waals surface area contributed by atoms with Gasteiger partial charge in [0.25, 0.3) is 10.1 Å². The summed E-state index contributed by atoms with van der Waals surface area (Å²) in [5.74, 6) is -1.30. The van der Waals surface area contributed by atoms with Gasteiger partial charge in [0.15, 0.2) is 0 Å². The van der Waals surface area contributed by atoms with E-state index in [1.807, 2.05) is 0 Å². The molecule has 0 radical (unpaired) electrons. The summed E-state index contributed by atoms with van der Waals surface area (Å²) in [4.78, 5) is 10.9. The second-order valence-electron chi connectivity index (χ2n) is 3.10. The number of ether oxygens (including phenoxy) is 1. The van der Waals surface area contributed by atoms with Crippen LogP contribution >= 0.6 is 0 Å². The van der Waals surface area contributed by atoms with Crippen molar-refractivity contribution in [1.29, 1.82) is 0 Å². The number of rotatable bonds is 3. The topological polar surface area (TPSA) is 80.7 Å². The van der Waals surface area contributed by atoms with Crippen LogP contribution in [0, 0.1) is 5.41 Å². The lowest BCUT2D eigenvalue weighted by molar-refractivity contribution is -0.149. The number of hydrogen-bond acceptors (Lipinski definition) is 4. The molecule has 0 rings (SSSR count). The van der Waals surface area contributed by atoms with E-state index in [2.05, 4.69) is 4.74 Å². The molecule has 1 N–H and O–H groups in total. The molecule has 0 aromatic rings. The van der Waals surface area contributed by atoms with E-state index in [0.29, 0.717) is 0 Å². The Balaban J connectivity index is 4.54. The molecule has 72 valence electrons. The van der Waals surface area contributed by atoms with Crippen molar-refractivity contribution in [2.75, 3.05) is 12.9 Å². The van der Waals surface area contributed by atoms with Gasteiger partial charge in [0, 0.05) is 0 Å². The van der Waals surface area contributed by atoms with Gasteiger partial charge in [-0.1, -0.05) is 0 Å². The molecule has 0 heterocycles. The van der Waals surface area contributed by atoms with Crippen molar-refractivity contribution < 1.29 is 22.5 Å². The Morgan fingerprint density at radius 3 is 2.17 bits per heavy atom. The molecule has 0 aliphatic rings. The van der Waals surface area contributed by atoms with Gasteiger partial charge in [-0.2, -0.15) is 8.42 Å². The van der Waals surface area contributed by atoms with Crippen molar-refractivity contribution in [3.05, 3.63) is 0 Å². The van der Waals surface area contributed by atoms with E-state index in [4.69, 9.17) is 4.55 Å². The van der Waals surface area contributed by atoms with E-state index in [1.165, 1.54) is 13.8 Å². The Labute approximate surface area is 71.5 Å². The van der Waals surface area contributed by atoms with Gasteiger partial charge in [-0.3, -0.25) is 9.35 Å². The zero-order chi connectivity index (χ0) is 9.99. The van der Waals surface area contributed by atoms with Crippen LogP contribution in [0.2, 0.25) is 0 Å². The minimum atomic E-state index is -4.14. The summed E-state index contributed by atoms with van der Waals surface area (Å²) in [5.41, 5.74) is -1.21. The first-order chi connectivity index (χ1) is 5.19. The van der Waals surface area contributed by atoms with Gasteiger partial charge >= 0.3 is 5.97 Å². The molecule has 0 aromatic carbocycles. The van der Waals surface area contributed by atoms with Crippen LogP contribution in [0.4, 0.5) is 0 Å². The second kappa shape index (κ2) is 3.40. The van der Waals surface area contributed by atoms with Crippen LogP contribution in [0.1, 0.15) is 13.8 Å². The van der Waals surface area contributed by atoms with Crippen molar-refractivity contribution in [2.24, 2.45) is 5.41 Å². The minimum Gasteiger partial charge on any atom is -0.469 e. The monoisotopic (exact) mass is 196 g/mol. The Morgan fingerprint density at radius 2 is 1.92 bits per heavy atom. The van der Waals surface area contributed by atoms with Crippen molar-refractivity contribution in [1.82, 2.24) is 0 Å². The maximum Gasteiger partial charge on any atom is 0.312 e. The van der Waals surface area contributed by atoms with Crippen LogP contribution in [0.15, 0.2) is 0 Å². The molecule has 0 aliphatic heterocycles. The van der Waals surface area contributed by atoms with Crippen molar-refractivity contribution >= 4 is 16.1 Å². The van der Waals surface area contributed by atoms with Crippen molar-refractivity contribution in [2.45, 2.75) is 13.8 Å². The van der Waals surface area contributed by atoms with Gasteiger partial charge in [0.05, 0.1) is 18.3 Å². The normalized spacial score (nSPS) is 12.7. The molecule has 0 fully saturated rings. The van der Waals surface area contributed by atoms with Gasteiger partial charge in [-0.05, 0) is 13.8 Å². The molecule has 6 heteroatoms. The number of carbonyl (C=O) groups is 1. The van der Waals surface area contributed by atoms with Gasteiger partial charge in [-0.15, -0.1) is 0 Å². The number of hydrogen-bond donors (Lipinski definition) is 1. The van der Waals surface area contributed by atoms with Crippen molar-refractivity contribution in [3.63, 3.8) is 0 Å². The summed E-state index contributed by atoms with van der Waals surface area (Å²) < 4.78 is 33.6. The minimum absolute atomic E-state index is 0.632. The van der Waals surface area contributed by atoms with Crippen molar-refractivity contribution in [3.8, 4) is 0 Å². The highest BCUT2D eigenvalue weighted by Gasteiger charge is 2.33. The molecule has 0 aliphatic carbocycles. The highest BCUT2D eigenvalue weighted by Crippen LogP contribution is 2.18. The van der Waals surface area contributed by atoms with Gasteiger partial charge in [0.2, 0.25) is 0 Å². The Morgan fingerprint density at radius 1 is 1.50 bits per heavy atom. The zero-order valence-corrected chi connectivity index (χ0v) is 8.01. The third-order valence-corrected chi connectivity index (χ3v) is 2.37. The lowest BCUT2D eigenvalue weighted by Gasteiger charge is -2.18. The fourth-order valence-corrected chi connectivity index (χ4v) is 1.82. The summed E-state index contributed by atoms with van der Waals surface area (Å²) in [7, 11) is -2.98. The smallest absolute Gasteiger partial charge is 0.312 e. The van der Waals surface area contributed by atoms with E-state index >= 15 is 0 Å². The first-order valence-corrected chi connectivity index (χ1v) is 4.83. The van der Waals surface area contributed by atoms with Crippen LogP contribution < -0.4 is 0 Å². The average molecular weight is 196 g/mol. The van der Waals surface area contributed by atoms with Crippen LogP contribution in [-0.2, 0) is 19.6 Å². The Hall–Kier alpha value is -0.620. The largest absolute Gasteiger partial charge is 0.469 e. The Bertz CT molecular complexity index is 264. The highest BCUT2D eigenvalue weighted by molar-refractivity contribution is 7.85. The molecule has 0 aromatic heterocycles. The predicted octanol–water partition coefficient (Wildman–Crippen LogP) is 0.0734. The SMILES string of the molecule is COC(=O)C(C)(C)CS(=O)(=O)O. The maximum absolute atomic E-state index is 10.9. The van der Waals surface area contributed by atoms with Crippen LogP contribution in [0.25, 0.3) is 0 Å². The summed E-state index contributed by atoms with van der Waals surface area (Å²) in [6, 6.07) is 0. The molecule has 0 unspecified atom stereocenters. The van der Waals surface area contributed by atoms with Crippen LogP contribution in [0.5, 0.6) is 0 Å². The fourth-order valence-electron chi connectivity index (χ4n) is 0.791. The lowest BCUT2D eigenvalue weighted by atomic mass is 9.97. The van der Waals surface area contributed by atoms with E-state index in [9.17, 15) is 13.2 Å². The molecule has 0 spiro atoms. The lowest BCUT2D eigenvalue weighted by Crippen LogP contribution is -2.33. The zero-order valence-electron chi connectivity index (χ0n) is 7.20. The molecular weight excluding hydrogens is 184 g/mol. The third kappa shape index (κ3) is 3.68. The first-order valence-electron chi connectivity index (χ1n) is 3.22. The third-order valence-electron chi connectivity index (χ3n) is 1.28. The molecule has 0 bridgehead atoms. The second-order valence-corrected chi connectivity index (χ2v) is 4.55. The van der Waals surface area contributed by atoms with Crippen LogP contribution in [0.3, 0.4) is 0 Å².